The van der Waals surface area contributed by atoms with Crippen molar-refractivity contribution < 1.29 is 5.11 Å². The summed E-state index contributed by atoms with van der Waals surface area (Å²) < 4.78 is 0. The maximum absolute atomic E-state index is 9.79. The molecule has 1 saturated carbocycles. The zero-order valence-corrected chi connectivity index (χ0v) is 9.81. The first-order valence-corrected chi connectivity index (χ1v) is 6.54. The SMILES string of the molecule is CSc1ccc(C2(N)CCCC2)cc1O. The molecule has 0 atom stereocenters. The first-order chi connectivity index (χ1) is 7.15. The third kappa shape index (κ3) is 1.99. The van der Waals surface area contributed by atoms with Crippen molar-refractivity contribution >= 4 is 11.8 Å². The summed E-state index contributed by atoms with van der Waals surface area (Å²) in [5.74, 6) is 0.358. The Morgan fingerprint density at radius 2 is 2.00 bits per heavy atom. The molecule has 0 aromatic heterocycles. The highest BCUT2D eigenvalue weighted by Crippen LogP contribution is 2.39. The van der Waals surface area contributed by atoms with E-state index in [0.29, 0.717) is 5.75 Å². The second-order valence-electron chi connectivity index (χ2n) is 4.25. The molecule has 0 aliphatic heterocycles. The van der Waals surface area contributed by atoms with Gasteiger partial charge in [0.25, 0.3) is 0 Å². The fourth-order valence-corrected chi connectivity index (χ4v) is 2.77. The molecule has 0 bridgehead atoms. The van der Waals surface area contributed by atoms with E-state index in [0.717, 1.165) is 23.3 Å². The van der Waals surface area contributed by atoms with Crippen molar-refractivity contribution in [2.24, 2.45) is 5.73 Å². The number of nitrogens with two attached hydrogens (primary N) is 1. The maximum Gasteiger partial charge on any atom is 0.129 e. The lowest BCUT2D eigenvalue weighted by Crippen LogP contribution is -2.32. The van der Waals surface area contributed by atoms with E-state index in [-0.39, 0.29) is 5.54 Å². The van der Waals surface area contributed by atoms with Crippen LogP contribution in [0.25, 0.3) is 0 Å². The van der Waals surface area contributed by atoms with E-state index < -0.39 is 0 Å². The van der Waals surface area contributed by atoms with Crippen LogP contribution in [0.15, 0.2) is 23.1 Å². The van der Waals surface area contributed by atoms with E-state index >= 15 is 0 Å². The Kier molecular flexibility index (Phi) is 2.94. The van der Waals surface area contributed by atoms with Gasteiger partial charge in [-0.05, 0) is 36.8 Å². The molecule has 3 N–H and O–H groups in total. The van der Waals surface area contributed by atoms with Gasteiger partial charge in [-0.1, -0.05) is 18.9 Å². The predicted molar refractivity (Wildman–Crippen MR) is 64.2 cm³/mol. The molecule has 2 nitrogen and oxygen atoms in total. The maximum atomic E-state index is 9.79. The Morgan fingerprint density at radius 3 is 2.53 bits per heavy atom. The number of phenols is 1. The molecule has 15 heavy (non-hydrogen) atoms. The van der Waals surface area contributed by atoms with Gasteiger partial charge in [-0.25, -0.2) is 0 Å². The summed E-state index contributed by atoms with van der Waals surface area (Å²) in [6.45, 7) is 0. The van der Waals surface area contributed by atoms with Gasteiger partial charge in [0.2, 0.25) is 0 Å². The molecule has 0 saturated heterocycles. The Bertz CT molecular complexity index is 359. The quantitative estimate of drug-likeness (QED) is 0.758. The summed E-state index contributed by atoms with van der Waals surface area (Å²) in [5, 5.41) is 9.79. The molecule has 0 heterocycles. The van der Waals surface area contributed by atoms with Gasteiger partial charge < -0.3 is 10.8 Å². The van der Waals surface area contributed by atoms with Gasteiger partial charge in [0.15, 0.2) is 0 Å². The Labute approximate surface area is 94.9 Å². The molecule has 0 unspecified atom stereocenters. The van der Waals surface area contributed by atoms with E-state index in [4.69, 9.17) is 5.73 Å². The van der Waals surface area contributed by atoms with Crippen LogP contribution in [-0.4, -0.2) is 11.4 Å². The highest BCUT2D eigenvalue weighted by atomic mass is 32.2. The average Bonchev–Trinajstić information content (AvgIpc) is 2.66. The number of hydrogen-bond donors (Lipinski definition) is 2. The van der Waals surface area contributed by atoms with E-state index in [9.17, 15) is 5.11 Å². The molecule has 2 rings (SSSR count). The average molecular weight is 223 g/mol. The third-order valence-electron chi connectivity index (χ3n) is 3.25. The number of aromatic hydroxyl groups is 1. The predicted octanol–water partition coefficient (Wildman–Crippen LogP) is 2.84. The van der Waals surface area contributed by atoms with Crippen LogP contribution >= 0.6 is 11.8 Å². The van der Waals surface area contributed by atoms with Crippen LogP contribution in [0.1, 0.15) is 31.2 Å². The topological polar surface area (TPSA) is 46.2 Å². The van der Waals surface area contributed by atoms with Crippen LogP contribution in [0.5, 0.6) is 5.75 Å². The second-order valence-corrected chi connectivity index (χ2v) is 5.10. The van der Waals surface area contributed by atoms with Crippen molar-refractivity contribution in [1.82, 2.24) is 0 Å². The van der Waals surface area contributed by atoms with Gasteiger partial charge in [-0.2, -0.15) is 0 Å². The number of benzene rings is 1. The fraction of sp³-hybridized carbons (Fsp3) is 0.500. The lowest BCUT2D eigenvalue weighted by atomic mass is 9.89. The van der Waals surface area contributed by atoms with Crippen LogP contribution in [0.3, 0.4) is 0 Å². The van der Waals surface area contributed by atoms with Crippen molar-refractivity contribution in [2.45, 2.75) is 36.1 Å². The highest BCUT2D eigenvalue weighted by Gasteiger charge is 2.31. The minimum atomic E-state index is -0.200. The smallest absolute Gasteiger partial charge is 0.129 e. The monoisotopic (exact) mass is 223 g/mol. The van der Waals surface area contributed by atoms with Crippen LogP contribution in [0.4, 0.5) is 0 Å². The van der Waals surface area contributed by atoms with E-state index in [1.807, 2.05) is 18.4 Å². The van der Waals surface area contributed by atoms with Gasteiger partial charge in [0.1, 0.15) is 5.75 Å². The van der Waals surface area contributed by atoms with Gasteiger partial charge in [0.05, 0.1) is 0 Å². The summed E-state index contributed by atoms with van der Waals surface area (Å²) in [6, 6.07) is 5.84. The van der Waals surface area contributed by atoms with Gasteiger partial charge in [-0.3, -0.25) is 0 Å². The summed E-state index contributed by atoms with van der Waals surface area (Å²) in [7, 11) is 0. The Balaban J connectivity index is 2.33. The Morgan fingerprint density at radius 1 is 1.33 bits per heavy atom. The zero-order valence-electron chi connectivity index (χ0n) is 8.99. The van der Waals surface area contributed by atoms with Crippen molar-refractivity contribution in [3.05, 3.63) is 23.8 Å². The van der Waals surface area contributed by atoms with E-state index in [1.54, 1.807) is 11.8 Å². The van der Waals surface area contributed by atoms with Gasteiger partial charge >= 0.3 is 0 Å². The molecular weight excluding hydrogens is 206 g/mol. The lowest BCUT2D eigenvalue weighted by molar-refractivity contribution is 0.440. The number of thioether (sulfide) groups is 1. The summed E-state index contributed by atoms with van der Waals surface area (Å²) in [6.07, 6.45) is 6.42. The molecule has 1 aliphatic rings. The Hall–Kier alpha value is -0.670. The van der Waals surface area contributed by atoms with E-state index in [2.05, 4.69) is 6.07 Å². The van der Waals surface area contributed by atoms with Crippen LogP contribution in [-0.2, 0) is 5.54 Å². The number of phenolic OH excluding ortho intramolecular Hbond substituents is 1. The molecule has 1 aromatic rings. The van der Waals surface area contributed by atoms with Crippen LogP contribution in [0, 0.1) is 0 Å². The summed E-state index contributed by atoms with van der Waals surface area (Å²) in [5.41, 5.74) is 7.20. The normalized spacial score (nSPS) is 19.3. The summed E-state index contributed by atoms with van der Waals surface area (Å²) in [4.78, 5) is 0.917. The van der Waals surface area contributed by atoms with Crippen molar-refractivity contribution in [1.29, 1.82) is 0 Å². The zero-order chi connectivity index (χ0) is 10.9. The molecular formula is C12H17NOS. The van der Waals surface area contributed by atoms with Crippen molar-refractivity contribution in [3.63, 3.8) is 0 Å². The van der Waals surface area contributed by atoms with Gasteiger partial charge in [-0.15, -0.1) is 11.8 Å². The molecule has 1 aliphatic carbocycles. The van der Waals surface area contributed by atoms with E-state index in [1.165, 1.54) is 12.8 Å². The lowest BCUT2D eigenvalue weighted by Gasteiger charge is -2.24. The molecule has 0 amide bonds. The molecule has 82 valence electrons. The standard InChI is InChI=1S/C12H17NOS/c1-15-11-5-4-9(8-10(11)14)12(13)6-2-3-7-12/h4-5,8,14H,2-3,6-7,13H2,1H3. The minimum Gasteiger partial charge on any atom is -0.507 e. The second kappa shape index (κ2) is 4.06. The van der Waals surface area contributed by atoms with Crippen LogP contribution < -0.4 is 5.73 Å². The molecule has 0 spiro atoms. The first kappa shape index (κ1) is 10.8. The third-order valence-corrected chi connectivity index (χ3v) is 4.03. The molecule has 3 heteroatoms. The minimum absolute atomic E-state index is 0.200. The largest absolute Gasteiger partial charge is 0.507 e. The number of rotatable bonds is 2. The van der Waals surface area contributed by atoms with Crippen molar-refractivity contribution in [2.75, 3.05) is 6.26 Å². The van der Waals surface area contributed by atoms with Crippen molar-refractivity contribution in [3.8, 4) is 5.75 Å². The highest BCUT2D eigenvalue weighted by molar-refractivity contribution is 7.98. The number of hydrogen-bond acceptors (Lipinski definition) is 3. The van der Waals surface area contributed by atoms with Crippen LogP contribution in [0.2, 0.25) is 0 Å². The molecule has 1 aromatic carbocycles. The van der Waals surface area contributed by atoms with Gasteiger partial charge in [0, 0.05) is 10.4 Å². The fourth-order valence-electron chi connectivity index (χ4n) is 2.29. The first-order valence-electron chi connectivity index (χ1n) is 5.32. The molecule has 0 radical (unpaired) electrons. The summed E-state index contributed by atoms with van der Waals surface area (Å²) >= 11 is 1.55. The molecule has 1 fully saturated rings.